The summed E-state index contributed by atoms with van der Waals surface area (Å²) in [7, 11) is 3.99. The van der Waals surface area contributed by atoms with Crippen LogP contribution in [0.1, 0.15) is 202 Å². The first-order valence-corrected chi connectivity index (χ1v) is 21.2. The summed E-state index contributed by atoms with van der Waals surface area (Å²) in [6, 6.07) is 0. The van der Waals surface area contributed by atoms with Gasteiger partial charge < -0.3 is 23.8 Å². The van der Waals surface area contributed by atoms with Crippen LogP contribution in [-0.4, -0.2) is 69.6 Å². The lowest BCUT2D eigenvalue weighted by Crippen LogP contribution is -2.27. The molecule has 0 bridgehead atoms. The number of esters is 2. The van der Waals surface area contributed by atoms with Gasteiger partial charge in [-0.25, -0.2) is 4.79 Å². The molecule has 0 heterocycles. The smallest absolute Gasteiger partial charge is 0.465 e. The van der Waals surface area contributed by atoms with Gasteiger partial charge in [0.25, 0.3) is 0 Å². The lowest BCUT2D eigenvalue weighted by atomic mass is 9.86. The second-order valence-corrected chi connectivity index (χ2v) is 16.5. The number of ether oxygens (including phenoxy) is 4. The van der Waals surface area contributed by atoms with Gasteiger partial charge in [0, 0.05) is 6.54 Å². The first kappa shape index (κ1) is 49.2. The van der Waals surface area contributed by atoms with Crippen LogP contribution in [0.5, 0.6) is 0 Å². The normalized spacial score (nSPS) is 12.0. The van der Waals surface area contributed by atoms with E-state index in [0.717, 1.165) is 103 Å². The largest absolute Gasteiger partial charge is 0.508 e. The Morgan fingerprint density at radius 2 is 0.863 bits per heavy atom. The highest BCUT2D eigenvalue weighted by Gasteiger charge is 2.30. The average molecular weight is 726 g/mol. The second-order valence-electron chi connectivity index (χ2n) is 16.5. The van der Waals surface area contributed by atoms with E-state index in [1.54, 1.807) is 0 Å². The third-order valence-corrected chi connectivity index (χ3v) is 9.96. The van der Waals surface area contributed by atoms with Crippen LogP contribution in [-0.2, 0) is 28.5 Å². The number of carbonyl (C=O) groups is 3. The van der Waals surface area contributed by atoms with E-state index in [9.17, 15) is 14.4 Å². The molecule has 0 radical (unpaired) electrons. The minimum Gasteiger partial charge on any atom is -0.465 e. The van der Waals surface area contributed by atoms with Crippen molar-refractivity contribution in [1.82, 2.24) is 4.90 Å². The molecule has 0 fully saturated rings. The minimum absolute atomic E-state index is 0.101. The summed E-state index contributed by atoms with van der Waals surface area (Å²) in [4.78, 5) is 40.0. The fourth-order valence-corrected chi connectivity index (χ4v) is 6.24. The van der Waals surface area contributed by atoms with Gasteiger partial charge >= 0.3 is 18.1 Å². The minimum atomic E-state index is -0.589. The molecule has 0 aromatic carbocycles. The summed E-state index contributed by atoms with van der Waals surface area (Å²) >= 11 is 0. The Bertz CT molecular complexity index is 803. The predicted octanol–water partition coefficient (Wildman–Crippen LogP) is 12.0. The Morgan fingerprint density at radius 1 is 0.490 bits per heavy atom. The van der Waals surface area contributed by atoms with Crippen LogP contribution in [0.4, 0.5) is 4.79 Å². The maximum atomic E-state index is 12.7. The number of hydrogen-bond donors (Lipinski definition) is 0. The van der Waals surface area contributed by atoms with Gasteiger partial charge in [-0.1, -0.05) is 117 Å². The summed E-state index contributed by atoms with van der Waals surface area (Å²) in [6.07, 6.45) is 25.5. The van der Waals surface area contributed by atoms with Gasteiger partial charge in [0.05, 0.1) is 30.7 Å². The highest BCUT2D eigenvalue weighted by Crippen LogP contribution is 2.28. The van der Waals surface area contributed by atoms with Gasteiger partial charge in [0.1, 0.15) is 6.10 Å². The van der Waals surface area contributed by atoms with Crippen molar-refractivity contribution in [1.29, 1.82) is 0 Å². The van der Waals surface area contributed by atoms with E-state index in [0.29, 0.717) is 19.8 Å². The monoisotopic (exact) mass is 726 g/mol. The Labute approximate surface area is 315 Å². The average Bonchev–Trinajstić information content (AvgIpc) is 3.08. The van der Waals surface area contributed by atoms with E-state index in [4.69, 9.17) is 18.9 Å². The molecular formula is C43H83NO7. The Balaban J connectivity index is 4.55. The van der Waals surface area contributed by atoms with E-state index < -0.39 is 17.0 Å². The summed E-state index contributed by atoms with van der Waals surface area (Å²) in [5, 5.41) is 0. The molecule has 0 saturated carbocycles. The Kier molecular flexibility index (Phi) is 30.5. The van der Waals surface area contributed by atoms with E-state index in [1.165, 1.54) is 64.2 Å². The zero-order chi connectivity index (χ0) is 38.2. The molecule has 0 spiro atoms. The number of unbranched alkanes of at least 4 members (excludes halogenated alkanes) is 16. The molecular weight excluding hydrogens is 642 g/mol. The van der Waals surface area contributed by atoms with Crippen molar-refractivity contribution < 1.29 is 33.3 Å². The van der Waals surface area contributed by atoms with Crippen molar-refractivity contribution in [2.24, 2.45) is 10.8 Å². The maximum absolute atomic E-state index is 12.7. The molecule has 0 aromatic heterocycles. The molecule has 0 rings (SSSR count). The molecule has 0 aliphatic carbocycles. The van der Waals surface area contributed by atoms with Gasteiger partial charge in [0.2, 0.25) is 0 Å². The predicted molar refractivity (Wildman–Crippen MR) is 211 cm³/mol. The summed E-state index contributed by atoms with van der Waals surface area (Å²) < 4.78 is 22.4. The van der Waals surface area contributed by atoms with Crippen molar-refractivity contribution in [3.63, 3.8) is 0 Å². The first-order chi connectivity index (χ1) is 24.4. The van der Waals surface area contributed by atoms with Gasteiger partial charge in [-0.3, -0.25) is 9.59 Å². The molecule has 302 valence electrons. The van der Waals surface area contributed by atoms with Gasteiger partial charge in [-0.05, 0) is 99.6 Å². The molecule has 8 nitrogen and oxygen atoms in total. The van der Waals surface area contributed by atoms with Crippen molar-refractivity contribution in [2.75, 3.05) is 40.5 Å². The molecule has 0 amide bonds. The fraction of sp³-hybridized carbons (Fsp3) is 0.930. The molecule has 0 aliphatic heterocycles. The zero-order valence-electron chi connectivity index (χ0n) is 34.9. The fourth-order valence-electron chi connectivity index (χ4n) is 6.24. The van der Waals surface area contributed by atoms with Gasteiger partial charge in [0.15, 0.2) is 0 Å². The molecule has 0 unspecified atom stereocenters. The van der Waals surface area contributed by atoms with Crippen LogP contribution in [0.25, 0.3) is 0 Å². The van der Waals surface area contributed by atoms with Gasteiger partial charge in [-0.15, -0.1) is 0 Å². The second kappa shape index (κ2) is 31.7. The molecule has 0 saturated heterocycles. The zero-order valence-corrected chi connectivity index (χ0v) is 34.9. The summed E-state index contributed by atoms with van der Waals surface area (Å²) in [5.41, 5.74) is -0.997. The third kappa shape index (κ3) is 29.3. The standard InChI is InChI=1S/C43H83NO7/c1-9-11-13-15-17-19-27-35-48-39(45)42(3,4)32-25-21-23-30-38(51-41(47)50-37-29-34-44(7)8)31-24-22-26-33-43(5,6)40(46)49-36-28-20-18-16-14-12-10-2/h38H,9-37H2,1-8H3. The van der Waals surface area contributed by atoms with E-state index >= 15 is 0 Å². The molecule has 0 aromatic rings. The topological polar surface area (TPSA) is 91.4 Å². The molecule has 0 N–H and O–H groups in total. The van der Waals surface area contributed by atoms with E-state index in [-0.39, 0.29) is 18.0 Å². The Hall–Kier alpha value is -1.83. The lowest BCUT2D eigenvalue weighted by molar-refractivity contribution is -0.155. The Morgan fingerprint density at radius 3 is 1.27 bits per heavy atom. The molecule has 0 atom stereocenters. The van der Waals surface area contributed by atoms with Crippen LogP contribution in [0.2, 0.25) is 0 Å². The van der Waals surface area contributed by atoms with Crippen molar-refractivity contribution >= 4 is 18.1 Å². The van der Waals surface area contributed by atoms with Crippen LogP contribution in [0.15, 0.2) is 0 Å². The molecule has 0 aliphatic rings. The van der Waals surface area contributed by atoms with E-state index in [1.807, 2.05) is 41.8 Å². The number of carbonyl (C=O) groups excluding carboxylic acids is 3. The highest BCUT2D eigenvalue weighted by molar-refractivity contribution is 5.76. The number of rotatable bonds is 35. The molecule has 8 heteroatoms. The van der Waals surface area contributed by atoms with Crippen molar-refractivity contribution in [3.8, 4) is 0 Å². The van der Waals surface area contributed by atoms with Crippen LogP contribution >= 0.6 is 0 Å². The van der Waals surface area contributed by atoms with Crippen LogP contribution < -0.4 is 0 Å². The maximum Gasteiger partial charge on any atom is 0.508 e. The summed E-state index contributed by atoms with van der Waals surface area (Å²) in [5.74, 6) is -0.201. The quantitative estimate of drug-likeness (QED) is 0.0362. The first-order valence-electron chi connectivity index (χ1n) is 21.2. The van der Waals surface area contributed by atoms with Crippen molar-refractivity contribution in [2.45, 2.75) is 208 Å². The number of hydrogen-bond acceptors (Lipinski definition) is 8. The van der Waals surface area contributed by atoms with Crippen LogP contribution in [0, 0.1) is 10.8 Å². The van der Waals surface area contributed by atoms with Crippen molar-refractivity contribution in [3.05, 3.63) is 0 Å². The SMILES string of the molecule is CCCCCCCCCOC(=O)C(C)(C)CCCCCC(CCCCCC(C)(C)C(=O)OCCCCCCCCC)OC(=O)OCCCN(C)C. The molecule has 51 heavy (non-hydrogen) atoms. The highest BCUT2D eigenvalue weighted by atomic mass is 16.7. The van der Waals surface area contributed by atoms with E-state index in [2.05, 4.69) is 18.7 Å². The van der Waals surface area contributed by atoms with Gasteiger partial charge in [-0.2, -0.15) is 0 Å². The lowest BCUT2D eigenvalue weighted by Gasteiger charge is -2.23. The third-order valence-electron chi connectivity index (χ3n) is 9.96. The number of nitrogens with zero attached hydrogens (tertiary/aromatic N) is 1. The van der Waals surface area contributed by atoms with Crippen LogP contribution in [0.3, 0.4) is 0 Å². The summed E-state index contributed by atoms with van der Waals surface area (Å²) in [6.45, 7) is 14.6.